The van der Waals surface area contributed by atoms with Crippen molar-refractivity contribution in [3.05, 3.63) is 53.6 Å². The average molecular weight is 375 g/mol. The van der Waals surface area contributed by atoms with Gasteiger partial charge in [-0.05, 0) is 37.6 Å². The Morgan fingerprint density at radius 2 is 2.04 bits per heavy atom. The third-order valence-corrected chi connectivity index (χ3v) is 5.18. The molecule has 1 aromatic carbocycles. The number of aryl methyl sites for hydroxylation is 3. The minimum atomic E-state index is -3.92. The second-order valence-corrected chi connectivity index (χ2v) is 7.44. The summed E-state index contributed by atoms with van der Waals surface area (Å²) >= 11 is 0. The Balaban J connectivity index is 1.62. The highest BCUT2D eigenvalue weighted by Gasteiger charge is 2.20. The number of rotatable bonds is 6. The number of nitrogens with zero attached hydrogens (tertiary/aromatic N) is 2. The number of benzene rings is 1. The van der Waals surface area contributed by atoms with Crippen molar-refractivity contribution in [3.8, 4) is 11.6 Å². The molecule has 136 valence electrons. The van der Waals surface area contributed by atoms with Crippen molar-refractivity contribution in [3.63, 3.8) is 0 Å². The molecule has 0 saturated carbocycles. The highest BCUT2D eigenvalue weighted by Crippen LogP contribution is 2.18. The maximum atomic E-state index is 12.3. The van der Waals surface area contributed by atoms with E-state index in [2.05, 4.69) is 14.9 Å². The Hall–Kier alpha value is -2.94. The predicted molar refractivity (Wildman–Crippen MR) is 91.6 cm³/mol. The summed E-state index contributed by atoms with van der Waals surface area (Å²) < 4.78 is 36.9. The van der Waals surface area contributed by atoms with Crippen LogP contribution in [-0.2, 0) is 21.2 Å². The van der Waals surface area contributed by atoms with Crippen molar-refractivity contribution in [1.82, 2.24) is 14.9 Å². The number of carbonyl (C=O) groups is 1. The summed E-state index contributed by atoms with van der Waals surface area (Å²) in [7, 11) is -3.92. The smallest absolute Gasteiger partial charge is 0.264 e. The number of amides is 1. The molecule has 0 saturated heterocycles. The summed E-state index contributed by atoms with van der Waals surface area (Å²) in [6.45, 7) is 3.55. The first-order valence-corrected chi connectivity index (χ1v) is 9.33. The summed E-state index contributed by atoms with van der Waals surface area (Å²) in [5, 5.41) is 3.75. The van der Waals surface area contributed by atoms with Gasteiger partial charge in [-0.1, -0.05) is 22.9 Å². The summed E-state index contributed by atoms with van der Waals surface area (Å²) in [6, 6.07) is 8.27. The Morgan fingerprint density at radius 1 is 1.23 bits per heavy atom. The Labute approximate surface area is 150 Å². The van der Waals surface area contributed by atoms with E-state index in [4.69, 9.17) is 8.94 Å². The van der Waals surface area contributed by atoms with E-state index in [1.807, 2.05) is 6.92 Å². The van der Waals surface area contributed by atoms with Crippen molar-refractivity contribution in [1.29, 1.82) is 0 Å². The number of aromatic nitrogens is 2. The lowest BCUT2D eigenvalue weighted by molar-refractivity contribution is -0.119. The summed E-state index contributed by atoms with van der Waals surface area (Å²) in [5.41, 5.74) is 1.52. The molecule has 0 aliphatic heterocycles. The second-order valence-electron chi connectivity index (χ2n) is 5.79. The third-order valence-electron chi connectivity index (χ3n) is 3.64. The molecule has 9 heteroatoms. The van der Waals surface area contributed by atoms with Gasteiger partial charge in [-0.15, -0.1) is 0 Å². The second kappa shape index (κ2) is 7.12. The molecule has 0 radical (unpaired) electrons. The van der Waals surface area contributed by atoms with Gasteiger partial charge in [-0.25, -0.2) is 13.1 Å². The van der Waals surface area contributed by atoms with Gasteiger partial charge in [0, 0.05) is 12.8 Å². The summed E-state index contributed by atoms with van der Waals surface area (Å²) in [4.78, 5) is 16.2. The lowest BCUT2D eigenvalue weighted by Crippen LogP contribution is -2.31. The first kappa shape index (κ1) is 17.9. The van der Waals surface area contributed by atoms with Gasteiger partial charge in [0.05, 0.1) is 11.2 Å². The zero-order valence-corrected chi connectivity index (χ0v) is 15.0. The van der Waals surface area contributed by atoms with E-state index < -0.39 is 15.9 Å². The van der Waals surface area contributed by atoms with Crippen LogP contribution >= 0.6 is 0 Å². The minimum absolute atomic E-state index is 0.0781. The molecule has 0 spiro atoms. The molecule has 8 nitrogen and oxygen atoms in total. The maximum Gasteiger partial charge on any atom is 0.264 e. The van der Waals surface area contributed by atoms with Gasteiger partial charge >= 0.3 is 0 Å². The van der Waals surface area contributed by atoms with Crippen molar-refractivity contribution in [2.24, 2.45) is 0 Å². The van der Waals surface area contributed by atoms with E-state index in [-0.39, 0.29) is 29.5 Å². The number of nitrogens with one attached hydrogen (secondary N) is 1. The Morgan fingerprint density at radius 3 is 2.73 bits per heavy atom. The number of carbonyl (C=O) groups excluding carboxylic acids is 1. The summed E-state index contributed by atoms with van der Waals surface area (Å²) in [5.74, 6) is 0.286. The van der Waals surface area contributed by atoms with Gasteiger partial charge in [0.2, 0.25) is 17.6 Å². The highest BCUT2D eigenvalue weighted by atomic mass is 32.2. The van der Waals surface area contributed by atoms with Crippen molar-refractivity contribution < 1.29 is 22.2 Å². The molecule has 0 atom stereocenters. The number of hydrogen-bond acceptors (Lipinski definition) is 7. The van der Waals surface area contributed by atoms with Gasteiger partial charge in [-0.3, -0.25) is 4.79 Å². The van der Waals surface area contributed by atoms with E-state index >= 15 is 0 Å². The van der Waals surface area contributed by atoms with Gasteiger partial charge in [-0.2, -0.15) is 4.98 Å². The van der Waals surface area contributed by atoms with Crippen LogP contribution < -0.4 is 4.72 Å². The number of furan rings is 1. The van der Waals surface area contributed by atoms with Crippen LogP contribution in [0.25, 0.3) is 11.6 Å². The van der Waals surface area contributed by atoms with Gasteiger partial charge < -0.3 is 8.94 Å². The predicted octanol–water partition coefficient (Wildman–Crippen LogP) is 2.38. The fourth-order valence-electron chi connectivity index (χ4n) is 2.44. The molecular formula is C17H17N3O5S. The number of hydrogen-bond donors (Lipinski definition) is 1. The molecule has 3 rings (SSSR count). The van der Waals surface area contributed by atoms with Crippen molar-refractivity contribution in [2.75, 3.05) is 0 Å². The first-order valence-electron chi connectivity index (χ1n) is 7.84. The monoisotopic (exact) mass is 375 g/mol. The van der Waals surface area contributed by atoms with E-state index in [0.29, 0.717) is 11.3 Å². The van der Waals surface area contributed by atoms with E-state index in [1.165, 1.54) is 12.3 Å². The number of sulfonamides is 1. The summed E-state index contributed by atoms with van der Waals surface area (Å²) in [6.07, 6.45) is 1.49. The van der Waals surface area contributed by atoms with Crippen LogP contribution in [0, 0.1) is 13.8 Å². The maximum absolute atomic E-state index is 12.3. The third kappa shape index (κ3) is 3.99. The fraction of sp³-hybridized carbons (Fsp3) is 0.235. The molecular weight excluding hydrogens is 358 g/mol. The van der Waals surface area contributed by atoms with Gasteiger partial charge in [0.25, 0.3) is 10.0 Å². The van der Waals surface area contributed by atoms with Crippen LogP contribution in [0.4, 0.5) is 0 Å². The average Bonchev–Trinajstić information content (AvgIpc) is 3.23. The van der Waals surface area contributed by atoms with Crippen LogP contribution in [0.3, 0.4) is 0 Å². The largest absolute Gasteiger partial charge is 0.461 e. The molecule has 1 amide bonds. The van der Waals surface area contributed by atoms with Crippen LogP contribution in [0.5, 0.6) is 0 Å². The molecule has 1 N–H and O–H groups in total. The lowest BCUT2D eigenvalue weighted by Gasteiger charge is -2.09. The molecule has 0 bridgehead atoms. The standard InChI is InChI=1S/C17H17N3O5S/c1-11-5-6-14(12(2)10-11)26(22,23)20-15(21)7-8-16-18-17(19-25-16)13-4-3-9-24-13/h3-6,9-10H,7-8H2,1-2H3,(H,20,21). The normalized spacial score (nSPS) is 11.5. The van der Waals surface area contributed by atoms with Crippen LogP contribution in [0.2, 0.25) is 0 Å². The van der Waals surface area contributed by atoms with Crippen molar-refractivity contribution in [2.45, 2.75) is 31.6 Å². The Bertz CT molecular complexity index is 1020. The SMILES string of the molecule is Cc1ccc(S(=O)(=O)NC(=O)CCc2nc(-c3ccco3)no2)c(C)c1. The zero-order valence-electron chi connectivity index (χ0n) is 14.2. The zero-order chi connectivity index (χ0) is 18.7. The first-order chi connectivity index (χ1) is 12.3. The topological polar surface area (TPSA) is 115 Å². The molecule has 0 fully saturated rings. The molecule has 0 aliphatic rings. The van der Waals surface area contributed by atoms with E-state index in [0.717, 1.165) is 5.56 Å². The van der Waals surface area contributed by atoms with Crippen LogP contribution in [0.15, 0.2) is 50.4 Å². The quantitative estimate of drug-likeness (QED) is 0.703. The molecule has 0 aliphatic carbocycles. The Kier molecular flexibility index (Phi) is 4.90. The van der Waals surface area contributed by atoms with Crippen molar-refractivity contribution >= 4 is 15.9 Å². The molecule has 3 aromatic rings. The van der Waals surface area contributed by atoms with E-state index in [1.54, 1.807) is 31.2 Å². The van der Waals surface area contributed by atoms with Gasteiger partial charge in [0.1, 0.15) is 0 Å². The molecule has 0 unspecified atom stereocenters. The highest BCUT2D eigenvalue weighted by molar-refractivity contribution is 7.90. The van der Waals surface area contributed by atoms with Crippen LogP contribution in [-0.4, -0.2) is 24.5 Å². The minimum Gasteiger partial charge on any atom is -0.461 e. The van der Waals surface area contributed by atoms with Gasteiger partial charge in [0.15, 0.2) is 5.76 Å². The molecule has 2 aromatic heterocycles. The molecule has 2 heterocycles. The van der Waals surface area contributed by atoms with Crippen LogP contribution in [0.1, 0.15) is 23.4 Å². The van der Waals surface area contributed by atoms with E-state index in [9.17, 15) is 13.2 Å². The fourth-order valence-corrected chi connectivity index (χ4v) is 3.68. The lowest BCUT2D eigenvalue weighted by atomic mass is 10.2. The molecule has 26 heavy (non-hydrogen) atoms.